The van der Waals surface area contributed by atoms with Crippen LogP contribution in [0.3, 0.4) is 0 Å². The van der Waals surface area contributed by atoms with Gasteiger partial charge in [0, 0.05) is 6.42 Å². The van der Waals surface area contributed by atoms with Gasteiger partial charge in [0.1, 0.15) is 0 Å². The van der Waals surface area contributed by atoms with E-state index < -0.39 is 23.5 Å². The van der Waals surface area contributed by atoms with Gasteiger partial charge in [0.2, 0.25) is 0 Å². The first-order valence-corrected chi connectivity index (χ1v) is 6.04. The molecule has 0 saturated carbocycles. The second-order valence-electron chi connectivity index (χ2n) is 3.77. The van der Waals surface area contributed by atoms with E-state index in [-0.39, 0.29) is 28.3 Å². The number of carbonyl (C=O) groups excluding carboxylic acids is 1. The molecule has 8 heteroatoms. The molecule has 0 atom stereocenters. The molecule has 0 N–H and O–H groups in total. The summed E-state index contributed by atoms with van der Waals surface area (Å²) in [5.74, 6) is 0. The van der Waals surface area contributed by atoms with Crippen LogP contribution in [0.1, 0.15) is 23.1 Å². The summed E-state index contributed by atoms with van der Waals surface area (Å²) >= 11 is 1.44. The molecule has 19 heavy (non-hydrogen) atoms. The molecule has 0 aliphatic carbocycles. The molecule has 0 spiro atoms. The van der Waals surface area contributed by atoms with Crippen molar-refractivity contribution in [3.8, 4) is 0 Å². The van der Waals surface area contributed by atoms with Crippen LogP contribution in [0.15, 0.2) is 18.2 Å². The molecule has 0 radical (unpaired) electrons. The third-order valence-corrected chi connectivity index (χ3v) is 2.80. The van der Waals surface area contributed by atoms with E-state index in [2.05, 4.69) is 0 Å². The molecule has 1 aromatic rings. The van der Waals surface area contributed by atoms with Crippen LogP contribution in [0.25, 0.3) is 0 Å². The van der Waals surface area contributed by atoms with E-state index in [1.807, 2.05) is 0 Å². The first-order chi connectivity index (χ1) is 8.50. The zero-order valence-electron chi connectivity index (χ0n) is 9.20. The predicted molar refractivity (Wildman–Crippen MR) is 63.8 cm³/mol. The molecule has 0 bridgehead atoms. The quantitative estimate of drug-likeness (QED) is 0.414. The van der Waals surface area contributed by atoms with E-state index in [1.54, 1.807) is 0 Å². The van der Waals surface area contributed by atoms with Crippen molar-refractivity contribution in [2.24, 2.45) is 0 Å². The number of halogens is 7. The van der Waals surface area contributed by atoms with Crippen LogP contribution in [0.5, 0.6) is 0 Å². The average molecular weight is 396 g/mol. The Labute approximate surface area is 118 Å². The van der Waals surface area contributed by atoms with E-state index in [9.17, 15) is 31.1 Å². The van der Waals surface area contributed by atoms with E-state index in [1.165, 1.54) is 22.6 Å². The summed E-state index contributed by atoms with van der Waals surface area (Å²) in [5.41, 5.74) is -2.89. The Morgan fingerprint density at radius 3 is 1.68 bits per heavy atom. The molecule has 0 aliphatic rings. The van der Waals surface area contributed by atoms with Crippen LogP contribution in [0, 0.1) is 0 Å². The Morgan fingerprint density at radius 2 is 1.37 bits per heavy atom. The van der Waals surface area contributed by atoms with Crippen LogP contribution >= 0.6 is 22.6 Å². The van der Waals surface area contributed by atoms with Gasteiger partial charge in [-0.05, 0) is 52.8 Å². The van der Waals surface area contributed by atoms with Gasteiger partial charge in [0.15, 0.2) is 3.79 Å². The standard InChI is InChI=1S/C11H7F6IO/c12-10(13,14)7-3-6(1-2-9(18)19)4-8(5-7)11(15,16)17/h3-5H,1-2H2. The van der Waals surface area contributed by atoms with Crippen molar-refractivity contribution >= 4 is 26.4 Å². The SMILES string of the molecule is O=C(I)CCc1cc(C(F)(F)F)cc(C(F)(F)F)c1. The van der Waals surface area contributed by atoms with E-state index in [0.717, 1.165) is 0 Å². The molecule has 1 aromatic carbocycles. The molecule has 0 aromatic heterocycles. The minimum absolute atomic E-state index is 0.0649. The van der Waals surface area contributed by atoms with Crippen molar-refractivity contribution < 1.29 is 31.1 Å². The highest BCUT2D eigenvalue weighted by molar-refractivity contribution is 14.1. The number of rotatable bonds is 3. The average Bonchev–Trinajstić information content (AvgIpc) is 2.23. The van der Waals surface area contributed by atoms with E-state index >= 15 is 0 Å². The van der Waals surface area contributed by atoms with Crippen molar-refractivity contribution in [2.45, 2.75) is 25.2 Å². The zero-order chi connectivity index (χ0) is 14.8. The molecule has 0 amide bonds. The molecule has 0 aliphatic heterocycles. The summed E-state index contributed by atoms with van der Waals surface area (Å²) in [5, 5.41) is 0. The largest absolute Gasteiger partial charge is 0.416 e. The van der Waals surface area contributed by atoms with Crippen LogP contribution in [-0.4, -0.2) is 3.79 Å². The predicted octanol–water partition coefficient (Wildman–Crippen LogP) is 4.62. The van der Waals surface area contributed by atoms with Crippen LogP contribution in [-0.2, 0) is 23.6 Å². The molecule has 0 fully saturated rings. The highest BCUT2D eigenvalue weighted by Crippen LogP contribution is 2.36. The molecule has 0 unspecified atom stereocenters. The Morgan fingerprint density at radius 1 is 0.947 bits per heavy atom. The van der Waals surface area contributed by atoms with Crippen molar-refractivity contribution in [2.75, 3.05) is 0 Å². The van der Waals surface area contributed by atoms with Crippen LogP contribution < -0.4 is 0 Å². The van der Waals surface area contributed by atoms with Crippen molar-refractivity contribution in [3.05, 3.63) is 34.9 Å². The maximum atomic E-state index is 12.5. The second kappa shape index (κ2) is 5.68. The topological polar surface area (TPSA) is 17.1 Å². The Hall–Kier alpha value is -0.800. The fourth-order valence-corrected chi connectivity index (χ4v) is 1.68. The monoisotopic (exact) mass is 396 g/mol. The summed E-state index contributed by atoms with van der Waals surface area (Å²) < 4.78 is 74.7. The maximum Gasteiger partial charge on any atom is 0.416 e. The summed E-state index contributed by atoms with van der Waals surface area (Å²) in [6.07, 6.45) is -9.98. The third kappa shape index (κ3) is 5.00. The highest BCUT2D eigenvalue weighted by Gasteiger charge is 2.36. The number of aryl methyl sites for hydroxylation is 1. The van der Waals surface area contributed by atoms with Crippen LogP contribution in [0.4, 0.5) is 26.3 Å². The van der Waals surface area contributed by atoms with Gasteiger partial charge in [-0.3, -0.25) is 4.79 Å². The van der Waals surface area contributed by atoms with Crippen molar-refractivity contribution in [1.82, 2.24) is 0 Å². The molecule has 1 nitrogen and oxygen atoms in total. The fourth-order valence-electron chi connectivity index (χ4n) is 1.41. The second-order valence-corrected chi connectivity index (χ2v) is 4.97. The van der Waals surface area contributed by atoms with Crippen molar-refractivity contribution in [3.63, 3.8) is 0 Å². The minimum atomic E-state index is -4.86. The lowest BCUT2D eigenvalue weighted by atomic mass is 10.0. The Kier molecular flexibility index (Phi) is 4.86. The van der Waals surface area contributed by atoms with E-state index in [0.29, 0.717) is 12.1 Å². The van der Waals surface area contributed by atoms with Gasteiger partial charge < -0.3 is 0 Å². The number of alkyl halides is 6. The van der Waals surface area contributed by atoms with Gasteiger partial charge in [-0.15, -0.1) is 0 Å². The molecular weight excluding hydrogens is 389 g/mol. The van der Waals surface area contributed by atoms with E-state index in [4.69, 9.17) is 0 Å². The molecule has 1 rings (SSSR count). The maximum absolute atomic E-state index is 12.5. The number of benzene rings is 1. The number of hydrogen-bond acceptors (Lipinski definition) is 1. The molecule has 0 heterocycles. The van der Waals surface area contributed by atoms with Crippen LogP contribution in [0.2, 0.25) is 0 Å². The third-order valence-electron chi connectivity index (χ3n) is 2.26. The number of carbonyl (C=O) groups is 1. The Balaban J connectivity index is 3.21. The minimum Gasteiger partial charge on any atom is -0.288 e. The summed E-state index contributed by atoms with van der Waals surface area (Å²) in [6, 6.07) is 1.33. The first-order valence-electron chi connectivity index (χ1n) is 4.97. The molecular formula is C11H7F6IO. The highest BCUT2D eigenvalue weighted by atomic mass is 127. The zero-order valence-corrected chi connectivity index (χ0v) is 11.4. The normalized spacial score (nSPS) is 12.6. The first kappa shape index (κ1) is 16.3. The van der Waals surface area contributed by atoms with Crippen molar-refractivity contribution in [1.29, 1.82) is 0 Å². The fraction of sp³-hybridized carbons (Fsp3) is 0.364. The van der Waals surface area contributed by atoms with Gasteiger partial charge in [-0.2, -0.15) is 26.3 Å². The van der Waals surface area contributed by atoms with Gasteiger partial charge in [0.25, 0.3) is 0 Å². The summed E-state index contributed by atoms with van der Waals surface area (Å²) in [7, 11) is 0. The smallest absolute Gasteiger partial charge is 0.288 e. The Bertz CT molecular complexity index is 445. The van der Waals surface area contributed by atoms with Gasteiger partial charge >= 0.3 is 12.4 Å². The van der Waals surface area contributed by atoms with Gasteiger partial charge in [-0.1, -0.05) is 0 Å². The lowest BCUT2D eigenvalue weighted by Crippen LogP contribution is -2.12. The van der Waals surface area contributed by atoms with Gasteiger partial charge in [-0.25, -0.2) is 0 Å². The van der Waals surface area contributed by atoms with Gasteiger partial charge in [0.05, 0.1) is 11.1 Å². The summed E-state index contributed by atoms with van der Waals surface area (Å²) in [6.45, 7) is 0. The summed E-state index contributed by atoms with van der Waals surface area (Å²) in [4.78, 5) is 10.7. The lowest BCUT2D eigenvalue weighted by molar-refractivity contribution is -0.143. The number of hydrogen-bond donors (Lipinski definition) is 0. The lowest BCUT2D eigenvalue weighted by Gasteiger charge is -2.13. The molecule has 106 valence electrons. The molecule has 0 saturated heterocycles.